The lowest BCUT2D eigenvalue weighted by molar-refractivity contribution is 0.397. The summed E-state index contributed by atoms with van der Waals surface area (Å²) in [6, 6.07) is 7.38. The average Bonchev–Trinajstić information content (AvgIpc) is 3.30. The van der Waals surface area contributed by atoms with Crippen molar-refractivity contribution in [1.29, 1.82) is 0 Å². The quantitative estimate of drug-likeness (QED) is 0.806. The van der Waals surface area contributed by atoms with E-state index in [-0.39, 0.29) is 0 Å². The Bertz CT molecular complexity index is 620. The van der Waals surface area contributed by atoms with Crippen LogP contribution in [-0.4, -0.2) is 24.2 Å². The molecule has 5 heteroatoms. The Labute approximate surface area is 122 Å². The SMILES string of the molecule is COc1cccc(OC)c1-c1cc(Cl)nc(C2CC2)n1. The number of hydrogen-bond acceptors (Lipinski definition) is 4. The molecule has 0 bridgehead atoms. The highest BCUT2D eigenvalue weighted by atomic mass is 35.5. The number of benzene rings is 1. The molecule has 0 amide bonds. The largest absolute Gasteiger partial charge is 0.496 e. The van der Waals surface area contributed by atoms with Crippen LogP contribution in [0.4, 0.5) is 0 Å². The van der Waals surface area contributed by atoms with Gasteiger partial charge in [0.05, 0.1) is 25.5 Å². The molecule has 0 unspecified atom stereocenters. The summed E-state index contributed by atoms with van der Waals surface area (Å²) in [6.45, 7) is 0. The van der Waals surface area contributed by atoms with Crippen LogP contribution >= 0.6 is 11.6 Å². The van der Waals surface area contributed by atoms with Crippen LogP contribution in [0.15, 0.2) is 24.3 Å². The second-order valence-electron chi connectivity index (χ2n) is 4.75. The van der Waals surface area contributed by atoms with Crippen molar-refractivity contribution in [3.05, 3.63) is 35.2 Å². The van der Waals surface area contributed by atoms with E-state index in [1.807, 2.05) is 18.2 Å². The summed E-state index contributed by atoms with van der Waals surface area (Å²) < 4.78 is 10.8. The maximum atomic E-state index is 6.13. The van der Waals surface area contributed by atoms with Gasteiger partial charge in [-0.15, -0.1) is 0 Å². The van der Waals surface area contributed by atoms with Crippen LogP contribution in [0.5, 0.6) is 11.5 Å². The second kappa shape index (κ2) is 5.29. The highest BCUT2D eigenvalue weighted by Crippen LogP contribution is 2.42. The van der Waals surface area contributed by atoms with Gasteiger partial charge in [-0.25, -0.2) is 9.97 Å². The topological polar surface area (TPSA) is 44.2 Å². The highest BCUT2D eigenvalue weighted by molar-refractivity contribution is 6.29. The third kappa shape index (κ3) is 2.43. The molecule has 0 spiro atoms. The molecule has 1 aliphatic rings. The van der Waals surface area contributed by atoms with Crippen molar-refractivity contribution in [3.63, 3.8) is 0 Å². The summed E-state index contributed by atoms with van der Waals surface area (Å²) in [5.41, 5.74) is 1.55. The molecule has 1 fully saturated rings. The molecule has 0 radical (unpaired) electrons. The van der Waals surface area contributed by atoms with Crippen molar-refractivity contribution in [1.82, 2.24) is 9.97 Å². The average molecular weight is 291 g/mol. The van der Waals surface area contributed by atoms with Gasteiger partial charge in [0.1, 0.15) is 22.5 Å². The molecule has 4 nitrogen and oxygen atoms in total. The summed E-state index contributed by atoms with van der Waals surface area (Å²) in [5, 5.41) is 0.449. The molecule has 1 aromatic heterocycles. The standard InChI is InChI=1S/C15H15ClN2O2/c1-19-11-4-3-5-12(20-2)14(11)10-8-13(16)18-15(17-10)9-6-7-9/h3-5,8-9H,6-7H2,1-2H3. The summed E-state index contributed by atoms with van der Waals surface area (Å²) in [4.78, 5) is 8.93. The lowest BCUT2D eigenvalue weighted by atomic mass is 10.1. The fourth-order valence-corrected chi connectivity index (χ4v) is 2.38. The third-order valence-corrected chi connectivity index (χ3v) is 3.53. The Kier molecular flexibility index (Phi) is 3.49. The van der Waals surface area contributed by atoms with Gasteiger partial charge in [-0.3, -0.25) is 0 Å². The first-order chi connectivity index (χ1) is 9.72. The fourth-order valence-electron chi connectivity index (χ4n) is 2.19. The van der Waals surface area contributed by atoms with Crippen molar-refractivity contribution in [2.24, 2.45) is 0 Å². The highest BCUT2D eigenvalue weighted by Gasteiger charge is 2.28. The molecule has 1 saturated carbocycles. The van der Waals surface area contributed by atoms with Crippen LogP contribution in [0.1, 0.15) is 24.6 Å². The zero-order valence-corrected chi connectivity index (χ0v) is 12.1. The molecule has 1 aromatic carbocycles. The summed E-state index contributed by atoms with van der Waals surface area (Å²) in [7, 11) is 3.26. The van der Waals surface area contributed by atoms with Gasteiger partial charge in [0.25, 0.3) is 0 Å². The smallest absolute Gasteiger partial charge is 0.133 e. The number of ether oxygens (including phenoxy) is 2. The normalized spacial score (nSPS) is 14.2. The summed E-state index contributed by atoms with van der Waals surface area (Å²) in [6.07, 6.45) is 2.26. The third-order valence-electron chi connectivity index (χ3n) is 3.34. The molecule has 3 rings (SSSR count). The van der Waals surface area contributed by atoms with Gasteiger partial charge in [-0.1, -0.05) is 17.7 Å². The van der Waals surface area contributed by atoms with Crippen molar-refractivity contribution in [3.8, 4) is 22.8 Å². The van der Waals surface area contributed by atoms with Crippen molar-refractivity contribution < 1.29 is 9.47 Å². The molecule has 0 saturated heterocycles. The van der Waals surface area contributed by atoms with Crippen LogP contribution in [-0.2, 0) is 0 Å². The van der Waals surface area contributed by atoms with Crippen molar-refractivity contribution in [2.75, 3.05) is 14.2 Å². The minimum absolute atomic E-state index is 0.438. The van der Waals surface area contributed by atoms with Crippen molar-refractivity contribution >= 4 is 11.6 Å². The Balaban J connectivity index is 2.17. The van der Waals surface area contributed by atoms with E-state index in [9.17, 15) is 0 Å². The molecule has 1 aliphatic carbocycles. The minimum Gasteiger partial charge on any atom is -0.496 e. The predicted molar refractivity (Wildman–Crippen MR) is 77.6 cm³/mol. The van der Waals surface area contributed by atoms with E-state index in [0.717, 1.165) is 29.9 Å². The van der Waals surface area contributed by atoms with Crippen LogP contribution in [0.3, 0.4) is 0 Å². The van der Waals surface area contributed by atoms with E-state index in [2.05, 4.69) is 9.97 Å². The molecule has 0 aliphatic heterocycles. The van der Waals surface area contributed by atoms with E-state index < -0.39 is 0 Å². The van der Waals surface area contributed by atoms with Crippen LogP contribution in [0, 0.1) is 0 Å². The van der Waals surface area contributed by atoms with Gasteiger partial charge in [-0.05, 0) is 25.0 Å². The summed E-state index contributed by atoms with van der Waals surface area (Å²) in [5.74, 6) is 2.66. The van der Waals surface area contributed by atoms with Gasteiger partial charge < -0.3 is 9.47 Å². The van der Waals surface area contributed by atoms with Gasteiger partial charge in [0.2, 0.25) is 0 Å². The van der Waals surface area contributed by atoms with Crippen LogP contribution in [0.25, 0.3) is 11.3 Å². The van der Waals surface area contributed by atoms with Gasteiger partial charge >= 0.3 is 0 Å². The van der Waals surface area contributed by atoms with Crippen molar-refractivity contribution in [2.45, 2.75) is 18.8 Å². The van der Waals surface area contributed by atoms with Crippen LogP contribution in [0.2, 0.25) is 5.15 Å². The first kappa shape index (κ1) is 13.2. The Morgan fingerprint density at radius 1 is 1.10 bits per heavy atom. The molecular weight excluding hydrogens is 276 g/mol. The molecular formula is C15H15ClN2O2. The number of hydrogen-bond donors (Lipinski definition) is 0. The van der Waals surface area contributed by atoms with Gasteiger partial charge in [-0.2, -0.15) is 0 Å². The van der Waals surface area contributed by atoms with E-state index in [1.54, 1.807) is 20.3 Å². The Morgan fingerprint density at radius 3 is 2.30 bits per heavy atom. The predicted octanol–water partition coefficient (Wildman–Crippen LogP) is 3.69. The lowest BCUT2D eigenvalue weighted by Gasteiger charge is -2.13. The van der Waals surface area contributed by atoms with Gasteiger partial charge in [0, 0.05) is 12.0 Å². The minimum atomic E-state index is 0.438. The molecule has 2 aromatic rings. The number of aromatic nitrogens is 2. The molecule has 0 N–H and O–H groups in total. The number of rotatable bonds is 4. The Hall–Kier alpha value is -1.81. The number of methoxy groups -OCH3 is 2. The van der Waals surface area contributed by atoms with E-state index in [1.165, 1.54) is 0 Å². The van der Waals surface area contributed by atoms with E-state index in [0.29, 0.717) is 22.6 Å². The summed E-state index contributed by atoms with van der Waals surface area (Å²) >= 11 is 6.13. The maximum Gasteiger partial charge on any atom is 0.133 e. The van der Waals surface area contributed by atoms with Gasteiger partial charge in [0.15, 0.2) is 0 Å². The number of halogens is 1. The molecule has 104 valence electrons. The van der Waals surface area contributed by atoms with E-state index in [4.69, 9.17) is 21.1 Å². The molecule has 1 heterocycles. The Morgan fingerprint density at radius 2 is 1.75 bits per heavy atom. The first-order valence-corrected chi connectivity index (χ1v) is 6.86. The molecule has 0 atom stereocenters. The zero-order chi connectivity index (χ0) is 14.1. The fraction of sp³-hybridized carbons (Fsp3) is 0.333. The second-order valence-corrected chi connectivity index (χ2v) is 5.13. The maximum absolute atomic E-state index is 6.13. The zero-order valence-electron chi connectivity index (χ0n) is 11.4. The first-order valence-electron chi connectivity index (χ1n) is 6.48. The molecule has 20 heavy (non-hydrogen) atoms. The van der Waals surface area contributed by atoms with Crippen LogP contribution < -0.4 is 9.47 Å². The lowest BCUT2D eigenvalue weighted by Crippen LogP contribution is -1.99. The monoisotopic (exact) mass is 290 g/mol. The van der Waals surface area contributed by atoms with E-state index >= 15 is 0 Å². The number of nitrogens with zero attached hydrogens (tertiary/aromatic N) is 2.